The molecule has 1 aliphatic rings. The standard InChI is InChI=1S/C21H30N4O2/c1-14(2)25(15(3)4)20(27)13-24-18-10-7-6-9-17(18)22-21(24)19-11-8-12-23(19)16(5)26/h6-7,9-10,14-15,19H,8,11-13H2,1-5H3. The van der Waals surface area contributed by atoms with Crippen molar-refractivity contribution in [3.63, 3.8) is 0 Å². The number of hydrogen-bond donors (Lipinski definition) is 0. The fourth-order valence-corrected chi connectivity index (χ4v) is 4.32. The van der Waals surface area contributed by atoms with E-state index >= 15 is 0 Å². The van der Waals surface area contributed by atoms with Crippen molar-refractivity contribution in [3.8, 4) is 0 Å². The van der Waals surface area contributed by atoms with Crippen molar-refractivity contribution in [2.24, 2.45) is 0 Å². The zero-order valence-electron chi connectivity index (χ0n) is 17.0. The van der Waals surface area contributed by atoms with Gasteiger partial charge in [-0.2, -0.15) is 0 Å². The molecular formula is C21H30N4O2. The number of benzene rings is 1. The van der Waals surface area contributed by atoms with Gasteiger partial charge in [-0.05, 0) is 52.7 Å². The Bertz CT molecular complexity index is 832. The molecule has 1 aromatic carbocycles. The Balaban J connectivity index is 2.03. The summed E-state index contributed by atoms with van der Waals surface area (Å²) in [4.78, 5) is 33.8. The zero-order valence-corrected chi connectivity index (χ0v) is 17.0. The Morgan fingerprint density at radius 2 is 1.85 bits per heavy atom. The number of carbonyl (C=O) groups is 2. The second-order valence-corrected chi connectivity index (χ2v) is 7.90. The molecule has 6 heteroatoms. The van der Waals surface area contributed by atoms with Crippen LogP contribution in [0.1, 0.15) is 59.3 Å². The lowest BCUT2D eigenvalue weighted by Gasteiger charge is -2.31. The van der Waals surface area contributed by atoms with Gasteiger partial charge in [-0.3, -0.25) is 9.59 Å². The molecule has 1 atom stereocenters. The van der Waals surface area contributed by atoms with E-state index < -0.39 is 0 Å². The maximum Gasteiger partial charge on any atom is 0.243 e. The molecule has 2 aromatic rings. The quantitative estimate of drug-likeness (QED) is 0.811. The summed E-state index contributed by atoms with van der Waals surface area (Å²) in [5.74, 6) is 0.968. The molecule has 1 aliphatic heterocycles. The lowest BCUT2D eigenvalue weighted by molar-refractivity contribution is -0.135. The Hall–Kier alpha value is -2.37. The van der Waals surface area contributed by atoms with E-state index in [1.54, 1.807) is 6.92 Å². The first-order chi connectivity index (χ1) is 12.8. The summed E-state index contributed by atoms with van der Waals surface area (Å²) in [5, 5.41) is 0. The topological polar surface area (TPSA) is 58.4 Å². The predicted molar refractivity (Wildman–Crippen MR) is 106 cm³/mol. The second kappa shape index (κ2) is 7.71. The van der Waals surface area contributed by atoms with E-state index in [1.807, 2.05) is 66.3 Å². The highest BCUT2D eigenvalue weighted by atomic mass is 16.2. The molecule has 0 aliphatic carbocycles. The first-order valence-electron chi connectivity index (χ1n) is 9.84. The molecule has 0 N–H and O–H groups in total. The Kier molecular flexibility index (Phi) is 5.53. The fourth-order valence-electron chi connectivity index (χ4n) is 4.32. The van der Waals surface area contributed by atoms with Gasteiger partial charge < -0.3 is 14.4 Å². The van der Waals surface area contributed by atoms with Crippen LogP contribution in [0.4, 0.5) is 0 Å². The van der Waals surface area contributed by atoms with Crippen LogP contribution in [-0.4, -0.2) is 49.8 Å². The van der Waals surface area contributed by atoms with Crippen molar-refractivity contribution in [1.29, 1.82) is 0 Å². The zero-order chi connectivity index (χ0) is 19.7. The number of rotatable bonds is 5. The van der Waals surface area contributed by atoms with Crippen LogP contribution < -0.4 is 0 Å². The van der Waals surface area contributed by atoms with E-state index in [4.69, 9.17) is 4.98 Å². The van der Waals surface area contributed by atoms with Crippen LogP contribution in [0.3, 0.4) is 0 Å². The molecule has 146 valence electrons. The summed E-state index contributed by atoms with van der Waals surface area (Å²) in [6.07, 6.45) is 1.85. The van der Waals surface area contributed by atoms with Gasteiger partial charge in [0, 0.05) is 25.6 Å². The molecule has 1 aromatic heterocycles. The largest absolute Gasteiger partial charge is 0.336 e. The second-order valence-electron chi connectivity index (χ2n) is 7.90. The number of nitrogens with zero attached hydrogens (tertiary/aromatic N) is 4. The molecule has 1 saturated heterocycles. The van der Waals surface area contributed by atoms with Crippen molar-refractivity contribution in [2.75, 3.05) is 6.54 Å². The maximum absolute atomic E-state index is 13.1. The molecule has 0 spiro atoms. The number of fused-ring (bicyclic) bond motifs is 1. The van der Waals surface area contributed by atoms with Crippen LogP contribution in [0, 0.1) is 0 Å². The minimum absolute atomic E-state index is 0.0609. The van der Waals surface area contributed by atoms with E-state index in [-0.39, 0.29) is 36.5 Å². The van der Waals surface area contributed by atoms with E-state index in [0.29, 0.717) is 0 Å². The van der Waals surface area contributed by atoms with Crippen LogP contribution in [0.25, 0.3) is 11.0 Å². The van der Waals surface area contributed by atoms with Gasteiger partial charge in [0.15, 0.2) is 0 Å². The summed E-state index contributed by atoms with van der Waals surface area (Å²) in [5.41, 5.74) is 1.82. The average molecular weight is 370 g/mol. The van der Waals surface area contributed by atoms with E-state index in [0.717, 1.165) is 36.2 Å². The third-order valence-electron chi connectivity index (χ3n) is 5.33. The molecule has 1 unspecified atom stereocenters. The molecule has 27 heavy (non-hydrogen) atoms. The van der Waals surface area contributed by atoms with Crippen molar-refractivity contribution >= 4 is 22.8 Å². The lowest BCUT2D eigenvalue weighted by Crippen LogP contribution is -2.44. The molecule has 0 radical (unpaired) electrons. The molecule has 3 rings (SSSR count). The summed E-state index contributed by atoms with van der Waals surface area (Å²) in [6.45, 7) is 10.8. The third-order valence-corrected chi connectivity index (χ3v) is 5.33. The first-order valence-corrected chi connectivity index (χ1v) is 9.84. The lowest BCUT2D eigenvalue weighted by atomic mass is 10.2. The number of aromatic nitrogens is 2. The Labute approximate surface area is 161 Å². The SMILES string of the molecule is CC(=O)N1CCCC1c1nc2ccccc2n1CC(=O)N(C(C)C)C(C)C. The minimum Gasteiger partial charge on any atom is -0.336 e. The highest BCUT2D eigenvalue weighted by Gasteiger charge is 2.33. The molecule has 1 fully saturated rings. The number of hydrogen-bond acceptors (Lipinski definition) is 3. The van der Waals surface area contributed by atoms with Gasteiger partial charge in [-0.15, -0.1) is 0 Å². The molecule has 2 amide bonds. The summed E-state index contributed by atoms with van der Waals surface area (Å²) >= 11 is 0. The van der Waals surface area contributed by atoms with Crippen LogP contribution in [0.15, 0.2) is 24.3 Å². The number of likely N-dealkylation sites (tertiary alicyclic amines) is 1. The molecule has 6 nitrogen and oxygen atoms in total. The van der Waals surface area contributed by atoms with Crippen molar-refractivity contribution < 1.29 is 9.59 Å². The van der Waals surface area contributed by atoms with Gasteiger partial charge >= 0.3 is 0 Å². The van der Waals surface area contributed by atoms with Gasteiger partial charge in [0.25, 0.3) is 0 Å². The normalized spacial score (nSPS) is 17.3. The number of imidazole rings is 1. The number of para-hydroxylation sites is 2. The highest BCUT2D eigenvalue weighted by molar-refractivity contribution is 5.82. The minimum atomic E-state index is -0.0609. The van der Waals surface area contributed by atoms with Gasteiger partial charge in [0.05, 0.1) is 17.1 Å². The maximum atomic E-state index is 13.1. The number of carbonyl (C=O) groups excluding carboxylic acids is 2. The highest BCUT2D eigenvalue weighted by Crippen LogP contribution is 2.33. The van der Waals surface area contributed by atoms with Crippen LogP contribution in [0.2, 0.25) is 0 Å². The van der Waals surface area contributed by atoms with Crippen molar-refractivity contribution in [1.82, 2.24) is 19.4 Å². The van der Waals surface area contributed by atoms with Gasteiger partial charge in [-0.1, -0.05) is 12.1 Å². The van der Waals surface area contributed by atoms with Gasteiger partial charge in [0.1, 0.15) is 12.4 Å². The smallest absolute Gasteiger partial charge is 0.243 e. The van der Waals surface area contributed by atoms with Crippen molar-refractivity contribution in [2.45, 2.75) is 72.1 Å². The average Bonchev–Trinajstić information content (AvgIpc) is 3.19. The monoisotopic (exact) mass is 370 g/mol. The van der Waals surface area contributed by atoms with E-state index in [9.17, 15) is 9.59 Å². The van der Waals surface area contributed by atoms with E-state index in [1.165, 1.54) is 0 Å². The molecule has 2 heterocycles. The van der Waals surface area contributed by atoms with Gasteiger partial charge in [0.2, 0.25) is 11.8 Å². The van der Waals surface area contributed by atoms with Crippen molar-refractivity contribution in [3.05, 3.63) is 30.1 Å². The van der Waals surface area contributed by atoms with Crippen LogP contribution >= 0.6 is 0 Å². The summed E-state index contributed by atoms with van der Waals surface area (Å²) in [7, 11) is 0. The molecule has 0 bridgehead atoms. The van der Waals surface area contributed by atoms with Gasteiger partial charge in [-0.25, -0.2) is 4.98 Å². The van der Waals surface area contributed by atoms with Crippen LogP contribution in [-0.2, 0) is 16.1 Å². The Morgan fingerprint density at radius 1 is 1.19 bits per heavy atom. The van der Waals surface area contributed by atoms with E-state index in [2.05, 4.69) is 0 Å². The summed E-state index contributed by atoms with van der Waals surface area (Å²) < 4.78 is 2.02. The predicted octanol–water partition coefficient (Wildman–Crippen LogP) is 3.37. The fraction of sp³-hybridized carbons (Fsp3) is 0.571. The third kappa shape index (κ3) is 3.70. The molecular weight excluding hydrogens is 340 g/mol. The molecule has 0 saturated carbocycles. The van der Waals surface area contributed by atoms with Crippen LogP contribution in [0.5, 0.6) is 0 Å². The number of amides is 2. The first kappa shape index (κ1) is 19.4. The Morgan fingerprint density at radius 3 is 2.48 bits per heavy atom. The summed E-state index contributed by atoms with van der Waals surface area (Å²) in [6, 6.07) is 8.10.